The van der Waals surface area contributed by atoms with Crippen molar-refractivity contribution >= 4 is 17.5 Å². The van der Waals surface area contributed by atoms with Crippen molar-refractivity contribution in [2.75, 3.05) is 44.4 Å². The summed E-state index contributed by atoms with van der Waals surface area (Å²) in [6, 6.07) is 15.9. The molecule has 0 bridgehead atoms. The molecular weight excluding hydrogens is 411 g/mol. The maximum Gasteiger partial charge on any atom is 0.253 e. The maximum atomic E-state index is 13.9. The summed E-state index contributed by atoms with van der Waals surface area (Å²) in [5.74, 6) is -0.389. The van der Waals surface area contributed by atoms with Gasteiger partial charge in [-0.1, -0.05) is 30.3 Å². The molecule has 0 radical (unpaired) electrons. The second-order valence-electron chi connectivity index (χ2n) is 8.97. The summed E-state index contributed by atoms with van der Waals surface area (Å²) in [7, 11) is 0. The number of nitrogens with zero attached hydrogens (tertiary/aromatic N) is 2. The van der Waals surface area contributed by atoms with Crippen molar-refractivity contribution in [3.63, 3.8) is 0 Å². The van der Waals surface area contributed by atoms with Crippen molar-refractivity contribution < 1.29 is 23.5 Å². The Morgan fingerprint density at radius 2 is 1.66 bits per heavy atom. The van der Waals surface area contributed by atoms with Crippen molar-refractivity contribution in [3.05, 3.63) is 66.0 Å². The Bertz CT molecular complexity index is 991. The van der Waals surface area contributed by atoms with Gasteiger partial charge < -0.3 is 19.3 Å². The van der Waals surface area contributed by atoms with E-state index in [4.69, 9.17) is 9.47 Å². The molecule has 1 spiro atoms. The molecule has 1 atom stereocenters. The van der Waals surface area contributed by atoms with Gasteiger partial charge in [0.05, 0.1) is 18.5 Å². The van der Waals surface area contributed by atoms with Crippen LogP contribution in [0, 0.1) is 5.82 Å². The lowest BCUT2D eigenvalue weighted by Gasteiger charge is -2.42. The average molecular weight is 438 g/mol. The van der Waals surface area contributed by atoms with Crippen LogP contribution < -0.4 is 4.90 Å². The Morgan fingerprint density at radius 1 is 0.938 bits per heavy atom. The van der Waals surface area contributed by atoms with E-state index in [-0.39, 0.29) is 24.2 Å². The molecule has 2 aromatic rings. The summed E-state index contributed by atoms with van der Waals surface area (Å²) in [6.07, 6.45) is 1.96. The van der Waals surface area contributed by atoms with E-state index >= 15 is 0 Å². The number of hydrogen-bond acceptors (Lipinski definition) is 4. The molecule has 0 saturated carbocycles. The Morgan fingerprint density at radius 3 is 2.38 bits per heavy atom. The first-order valence-corrected chi connectivity index (χ1v) is 11.1. The van der Waals surface area contributed by atoms with E-state index in [1.54, 1.807) is 17.0 Å². The van der Waals surface area contributed by atoms with Gasteiger partial charge in [-0.15, -0.1) is 0 Å². The van der Waals surface area contributed by atoms with Gasteiger partial charge in [0.25, 0.3) is 5.91 Å². The number of hydrogen-bond donors (Lipinski definition) is 0. The zero-order chi connectivity index (χ0) is 22.2. The molecule has 2 aromatic carbocycles. The van der Waals surface area contributed by atoms with Crippen molar-refractivity contribution in [2.24, 2.45) is 0 Å². The highest BCUT2D eigenvalue weighted by atomic mass is 19.1. The minimum Gasteiger partial charge on any atom is -0.381 e. The molecule has 3 heterocycles. The number of benzene rings is 2. The Hall–Kier alpha value is -2.77. The standard InChI is InChI=1S/C25H27FN2O4/c26-20-6-8-21(9-7-20)28-18-24(32-16-22(28)29)10-13-27(17-24)23(30)25(11-14-31-15-12-25)19-4-2-1-3-5-19/h1-9H,10-18H2/t24-/m1/s1. The van der Waals surface area contributed by atoms with Crippen molar-refractivity contribution in [2.45, 2.75) is 30.3 Å². The summed E-state index contributed by atoms with van der Waals surface area (Å²) in [5, 5.41) is 0. The normalized spacial score (nSPS) is 25.3. The summed E-state index contributed by atoms with van der Waals surface area (Å²) in [4.78, 5) is 30.0. The fourth-order valence-electron chi connectivity index (χ4n) is 5.24. The van der Waals surface area contributed by atoms with Gasteiger partial charge in [-0.2, -0.15) is 0 Å². The minimum absolute atomic E-state index is 0.0446. The molecule has 2 amide bonds. The molecule has 3 fully saturated rings. The zero-order valence-corrected chi connectivity index (χ0v) is 18.0. The first kappa shape index (κ1) is 21.1. The molecule has 3 saturated heterocycles. The largest absolute Gasteiger partial charge is 0.381 e. The van der Waals surface area contributed by atoms with E-state index < -0.39 is 11.0 Å². The topological polar surface area (TPSA) is 59.1 Å². The Kier molecular flexibility index (Phi) is 5.47. The molecular formula is C25H27FN2O4. The number of likely N-dealkylation sites (tertiary alicyclic amines) is 1. The second-order valence-corrected chi connectivity index (χ2v) is 8.97. The van der Waals surface area contributed by atoms with Crippen LogP contribution >= 0.6 is 0 Å². The van der Waals surface area contributed by atoms with Crippen molar-refractivity contribution in [3.8, 4) is 0 Å². The van der Waals surface area contributed by atoms with Gasteiger partial charge in [-0.05, 0) is 49.1 Å². The molecule has 0 N–H and O–H groups in total. The number of ether oxygens (including phenoxy) is 2. The maximum absolute atomic E-state index is 13.9. The highest BCUT2D eigenvalue weighted by Gasteiger charge is 2.51. The number of amides is 2. The summed E-state index contributed by atoms with van der Waals surface area (Å²) in [5.41, 5.74) is 0.476. The van der Waals surface area contributed by atoms with Gasteiger partial charge in [0.15, 0.2) is 0 Å². The molecule has 32 heavy (non-hydrogen) atoms. The van der Waals surface area contributed by atoms with E-state index in [9.17, 15) is 14.0 Å². The van der Waals surface area contributed by atoms with Crippen LogP contribution in [-0.4, -0.2) is 61.8 Å². The van der Waals surface area contributed by atoms with Gasteiger partial charge in [0.2, 0.25) is 5.91 Å². The third kappa shape index (κ3) is 3.69. The molecule has 3 aliphatic heterocycles. The molecule has 3 aliphatic rings. The van der Waals surface area contributed by atoms with Crippen molar-refractivity contribution in [1.29, 1.82) is 0 Å². The first-order chi connectivity index (χ1) is 15.5. The van der Waals surface area contributed by atoms with Crippen LogP contribution in [0.4, 0.5) is 10.1 Å². The molecule has 168 valence electrons. The fraction of sp³-hybridized carbons (Fsp3) is 0.440. The average Bonchev–Trinajstić information content (AvgIpc) is 3.25. The Balaban J connectivity index is 1.37. The van der Waals surface area contributed by atoms with E-state index in [1.165, 1.54) is 12.1 Å². The van der Waals surface area contributed by atoms with E-state index in [2.05, 4.69) is 0 Å². The van der Waals surface area contributed by atoms with Crippen LogP contribution in [0.25, 0.3) is 0 Å². The lowest BCUT2D eigenvalue weighted by molar-refractivity contribution is -0.144. The highest BCUT2D eigenvalue weighted by molar-refractivity contribution is 5.95. The fourth-order valence-corrected chi connectivity index (χ4v) is 5.24. The molecule has 0 aromatic heterocycles. The molecule has 0 aliphatic carbocycles. The number of halogens is 1. The zero-order valence-electron chi connectivity index (χ0n) is 18.0. The van der Waals surface area contributed by atoms with Crippen LogP contribution in [0.3, 0.4) is 0 Å². The summed E-state index contributed by atoms with van der Waals surface area (Å²) in [6.45, 7) is 2.44. The Labute approximate surface area is 186 Å². The number of morpholine rings is 1. The van der Waals surface area contributed by atoms with Gasteiger partial charge in [0, 0.05) is 25.4 Å². The lowest BCUT2D eigenvalue weighted by Crippen LogP contribution is -2.57. The number of anilines is 1. The van der Waals surface area contributed by atoms with E-state index in [0.717, 1.165) is 5.56 Å². The van der Waals surface area contributed by atoms with Gasteiger partial charge in [-0.3, -0.25) is 9.59 Å². The first-order valence-electron chi connectivity index (χ1n) is 11.1. The predicted molar refractivity (Wildman–Crippen MR) is 117 cm³/mol. The van der Waals surface area contributed by atoms with Crippen LogP contribution in [-0.2, 0) is 24.5 Å². The summed E-state index contributed by atoms with van der Waals surface area (Å²) < 4.78 is 25.0. The molecule has 5 rings (SSSR count). The third-order valence-corrected chi connectivity index (χ3v) is 7.07. The van der Waals surface area contributed by atoms with Gasteiger partial charge in [0.1, 0.15) is 18.0 Å². The molecule has 0 unspecified atom stereocenters. The minimum atomic E-state index is -0.610. The predicted octanol–water partition coefficient (Wildman–Crippen LogP) is 2.91. The van der Waals surface area contributed by atoms with Crippen LogP contribution in [0.15, 0.2) is 54.6 Å². The van der Waals surface area contributed by atoms with Crippen LogP contribution in [0.2, 0.25) is 0 Å². The quantitative estimate of drug-likeness (QED) is 0.740. The number of carbonyl (C=O) groups excluding carboxylic acids is 2. The molecule has 6 nitrogen and oxygen atoms in total. The van der Waals surface area contributed by atoms with Crippen LogP contribution in [0.5, 0.6) is 0 Å². The lowest BCUT2D eigenvalue weighted by atomic mass is 9.73. The van der Waals surface area contributed by atoms with Gasteiger partial charge >= 0.3 is 0 Å². The second kappa shape index (κ2) is 8.30. The van der Waals surface area contributed by atoms with E-state index in [0.29, 0.717) is 57.8 Å². The van der Waals surface area contributed by atoms with Crippen LogP contribution in [0.1, 0.15) is 24.8 Å². The number of carbonyl (C=O) groups is 2. The monoisotopic (exact) mass is 438 g/mol. The highest BCUT2D eigenvalue weighted by Crippen LogP contribution is 2.40. The summed E-state index contributed by atoms with van der Waals surface area (Å²) >= 11 is 0. The molecule has 7 heteroatoms. The smallest absolute Gasteiger partial charge is 0.253 e. The van der Waals surface area contributed by atoms with Gasteiger partial charge in [-0.25, -0.2) is 4.39 Å². The number of rotatable bonds is 3. The van der Waals surface area contributed by atoms with Crippen molar-refractivity contribution in [1.82, 2.24) is 4.90 Å². The SMILES string of the molecule is O=C1CO[C@@]2(CCN(C(=O)C3(c4ccccc4)CCOCC3)C2)CN1c1ccc(F)cc1. The van der Waals surface area contributed by atoms with E-state index in [1.807, 2.05) is 35.2 Å². The third-order valence-electron chi connectivity index (χ3n) is 7.07.